The minimum Gasteiger partial charge on any atom is -0.496 e. The van der Waals surface area contributed by atoms with Crippen LogP contribution in [0.15, 0.2) is 12.1 Å². The molecule has 0 aliphatic heterocycles. The quantitative estimate of drug-likeness (QED) is 0.846. The summed E-state index contributed by atoms with van der Waals surface area (Å²) in [5.41, 5.74) is 6.57. The van der Waals surface area contributed by atoms with Crippen LogP contribution in [0.5, 0.6) is 5.75 Å². The number of benzene rings is 1. The zero-order valence-corrected chi connectivity index (χ0v) is 12.6. The van der Waals surface area contributed by atoms with E-state index >= 15 is 0 Å². The van der Waals surface area contributed by atoms with Crippen LogP contribution in [0.4, 0.5) is 5.69 Å². The first-order chi connectivity index (χ1) is 8.90. The van der Waals surface area contributed by atoms with Crippen molar-refractivity contribution in [2.75, 3.05) is 25.9 Å². The average Bonchev–Trinajstić information content (AvgIpc) is 2.37. The Morgan fingerprint density at radius 3 is 2.58 bits per heavy atom. The number of carbonyl (C=O) groups is 1. The van der Waals surface area contributed by atoms with Crippen LogP contribution in [0, 0.1) is 5.92 Å². The molecule has 0 atom stereocenters. The number of nitrogen functional groups attached to an aromatic ring is 1. The Labute approximate surface area is 119 Å². The fourth-order valence-corrected chi connectivity index (χ4v) is 2.04. The fourth-order valence-electron chi connectivity index (χ4n) is 1.87. The van der Waals surface area contributed by atoms with E-state index < -0.39 is 0 Å². The third-order valence-electron chi connectivity index (χ3n) is 2.80. The summed E-state index contributed by atoms with van der Waals surface area (Å²) in [5, 5.41) is 0.366. The molecule has 5 heteroatoms. The SMILES string of the molecule is CCN(CC(C)C)C(=O)c1cc(Cl)c(N)cc1OC. The number of methoxy groups -OCH3 is 1. The maximum absolute atomic E-state index is 12.5. The number of hydrogen-bond donors (Lipinski definition) is 1. The average molecular weight is 285 g/mol. The van der Waals surface area contributed by atoms with E-state index in [-0.39, 0.29) is 5.91 Å². The van der Waals surface area contributed by atoms with Crippen molar-refractivity contribution in [2.24, 2.45) is 5.92 Å². The van der Waals surface area contributed by atoms with Gasteiger partial charge < -0.3 is 15.4 Å². The molecular weight excluding hydrogens is 264 g/mol. The number of rotatable bonds is 5. The lowest BCUT2D eigenvalue weighted by Crippen LogP contribution is -2.34. The van der Waals surface area contributed by atoms with Gasteiger partial charge in [0.05, 0.1) is 23.4 Å². The van der Waals surface area contributed by atoms with Crippen molar-refractivity contribution in [1.82, 2.24) is 4.90 Å². The predicted molar refractivity (Wildman–Crippen MR) is 78.8 cm³/mol. The highest BCUT2D eigenvalue weighted by molar-refractivity contribution is 6.33. The molecule has 19 heavy (non-hydrogen) atoms. The van der Waals surface area contributed by atoms with Gasteiger partial charge in [-0.15, -0.1) is 0 Å². The summed E-state index contributed by atoms with van der Waals surface area (Å²) in [4.78, 5) is 14.3. The van der Waals surface area contributed by atoms with Gasteiger partial charge in [0, 0.05) is 19.2 Å². The number of halogens is 1. The van der Waals surface area contributed by atoms with Gasteiger partial charge in [-0.2, -0.15) is 0 Å². The van der Waals surface area contributed by atoms with Crippen LogP contribution in [0.3, 0.4) is 0 Å². The molecule has 0 aromatic heterocycles. The molecule has 0 saturated heterocycles. The van der Waals surface area contributed by atoms with Crippen LogP contribution in [-0.4, -0.2) is 31.0 Å². The Morgan fingerprint density at radius 1 is 1.47 bits per heavy atom. The Kier molecular flexibility index (Phi) is 5.48. The Bertz CT molecular complexity index is 461. The molecule has 1 aromatic rings. The molecule has 0 saturated carbocycles. The third-order valence-corrected chi connectivity index (χ3v) is 3.13. The smallest absolute Gasteiger partial charge is 0.257 e. The molecule has 0 aliphatic rings. The van der Waals surface area contributed by atoms with E-state index in [1.165, 1.54) is 7.11 Å². The first-order valence-electron chi connectivity index (χ1n) is 6.32. The van der Waals surface area contributed by atoms with Gasteiger partial charge in [-0.05, 0) is 18.9 Å². The van der Waals surface area contributed by atoms with Gasteiger partial charge in [0.1, 0.15) is 5.75 Å². The number of amides is 1. The second kappa shape index (κ2) is 6.66. The van der Waals surface area contributed by atoms with Gasteiger partial charge in [-0.25, -0.2) is 0 Å². The van der Waals surface area contributed by atoms with Crippen LogP contribution in [-0.2, 0) is 0 Å². The molecule has 106 valence electrons. The van der Waals surface area contributed by atoms with E-state index in [4.69, 9.17) is 22.1 Å². The highest BCUT2D eigenvalue weighted by Gasteiger charge is 2.20. The van der Waals surface area contributed by atoms with Crippen molar-refractivity contribution >= 4 is 23.2 Å². The molecule has 1 rings (SSSR count). The minimum absolute atomic E-state index is 0.0880. The maximum atomic E-state index is 12.5. The molecule has 0 spiro atoms. The summed E-state index contributed by atoms with van der Waals surface area (Å²) in [6.07, 6.45) is 0. The monoisotopic (exact) mass is 284 g/mol. The molecule has 0 radical (unpaired) electrons. The van der Waals surface area contributed by atoms with Gasteiger partial charge in [0.2, 0.25) is 0 Å². The minimum atomic E-state index is -0.0880. The molecule has 0 aliphatic carbocycles. The van der Waals surface area contributed by atoms with Crippen LogP contribution in [0.25, 0.3) is 0 Å². The normalized spacial score (nSPS) is 10.6. The Hall–Kier alpha value is -1.42. The molecule has 0 heterocycles. The third kappa shape index (κ3) is 3.77. The zero-order valence-electron chi connectivity index (χ0n) is 11.9. The summed E-state index contributed by atoms with van der Waals surface area (Å²) >= 11 is 5.99. The van der Waals surface area contributed by atoms with E-state index in [9.17, 15) is 4.79 Å². The summed E-state index contributed by atoms with van der Waals surface area (Å²) in [7, 11) is 1.51. The number of carbonyl (C=O) groups excluding carboxylic acids is 1. The van der Waals surface area contributed by atoms with E-state index in [2.05, 4.69) is 13.8 Å². The predicted octanol–water partition coefficient (Wildman–Crippen LogP) is 3.05. The van der Waals surface area contributed by atoms with E-state index in [0.717, 1.165) is 0 Å². The lowest BCUT2D eigenvalue weighted by atomic mass is 10.1. The lowest BCUT2D eigenvalue weighted by molar-refractivity contribution is 0.0742. The van der Waals surface area contributed by atoms with Gasteiger partial charge in [0.25, 0.3) is 5.91 Å². The molecular formula is C14H21ClN2O2. The fraction of sp³-hybridized carbons (Fsp3) is 0.500. The largest absolute Gasteiger partial charge is 0.496 e. The number of hydrogen-bond acceptors (Lipinski definition) is 3. The van der Waals surface area contributed by atoms with Crippen LogP contribution < -0.4 is 10.5 Å². The molecule has 1 aromatic carbocycles. The van der Waals surface area contributed by atoms with Gasteiger partial charge in [-0.3, -0.25) is 4.79 Å². The topological polar surface area (TPSA) is 55.6 Å². The van der Waals surface area contributed by atoms with Crippen molar-refractivity contribution < 1.29 is 9.53 Å². The first kappa shape index (κ1) is 15.6. The molecule has 2 N–H and O–H groups in total. The highest BCUT2D eigenvalue weighted by atomic mass is 35.5. The van der Waals surface area contributed by atoms with Crippen molar-refractivity contribution in [2.45, 2.75) is 20.8 Å². The van der Waals surface area contributed by atoms with Crippen molar-refractivity contribution in [3.8, 4) is 5.75 Å². The van der Waals surface area contributed by atoms with Crippen LogP contribution in [0.1, 0.15) is 31.1 Å². The lowest BCUT2D eigenvalue weighted by Gasteiger charge is -2.24. The summed E-state index contributed by atoms with van der Waals surface area (Å²) in [5.74, 6) is 0.767. The van der Waals surface area contributed by atoms with E-state index in [1.807, 2.05) is 6.92 Å². The number of anilines is 1. The number of nitrogens with zero attached hydrogens (tertiary/aromatic N) is 1. The molecule has 4 nitrogen and oxygen atoms in total. The van der Waals surface area contributed by atoms with E-state index in [1.54, 1.807) is 17.0 Å². The van der Waals surface area contributed by atoms with Crippen LogP contribution in [0.2, 0.25) is 5.02 Å². The number of nitrogens with two attached hydrogens (primary N) is 1. The van der Waals surface area contributed by atoms with Gasteiger partial charge in [-0.1, -0.05) is 25.4 Å². The zero-order chi connectivity index (χ0) is 14.6. The van der Waals surface area contributed by atoms with Crippen LogP contribution >= 0.6 is 11.6 Å². The highest BCUT2D eigenvalue weighted by Crippen LogP contribution is 2.29. The van der Waals surface area contributed by atoms with E-state index in [0.29, 0.717) is 41.0 Å². The molecule has 1 amide bonds. The van der Waals surface area contributed by atoms with Gasteiger partial charge in [0.15, 0.2) is 0 Å². The van der Waals surface area contributed by atoms with Crippen molar-refractivity contribution in [3.63, 3.8) is 0 Å². The summed E-state index contributed by atoms with van der Waals surface area (Å²) in [6, 6.07) is 3.15. The van der Waals surface area contributed by atoms with Crippen molar-refractivity contribution in [3.05, 3.63) is 22.7 Å². The Balaban J connectivity index is 3.13. The maximum Gasteiger partial charge on any atom is 0.257 e. The summed E-state index contributed by atoms with van der Waals surface area (Å²) < 4.78 is 5.22. The summed E-state index contributed by atoms with van der Waals surface area (Å²) in [6.45, 7) is 7.43. The standard InChI is InChI=1S/C14H21ClN2O2/c1-5-17(8-9(2)3)14(18)10-6-11(15)12(16)7-13(10)19-4/h6-7,9H,5,8,16H2,1-4H3. The van der Waals surface area contributed by atoms with Crippen molar-refractivity contribution in [1.29, 1.82) is 0 Å². The number of ether oxygens (including phenoxy) is 1. The Morgan fingerprint density at radius 2 is 2.11 bits per heavy atom. The molecule has 0 fully saturated rings. The second-order valence-electron chi connectivity index (χ2n) is 4.81. The van der Waals surface area contributed by atoms with Gasteiger partial charge >= 0.3 is 0 Å². The second-order valence-corrected chi connectivity index (χ2v) is 5.22. The first-order valence-corrected chi connectivity index (χ1v) is 6.70. The molecule has 0 bridgehead atoms. The molecule has 0 unspecified atom stereocenters.